The second-order valence-electron chi connectivity index (χ2n) is 12.5. The van der Waals surface area contributed by atoms with Gasteiger partial charge in [0.1, 0.15) is 0 Å². The molecule has 1 aliphatic carbocycles. The van der Waals surface area contributed by atoms with E-state index in [1.807, 2.05) is 12.1 Å². The average molecular weight is 723 g/mol. The van der Waals surface area contributed by atoms with Gasteiger partial charge in [0.25, 0.3) is 0 Å². The minimum Gasteiger partial charge on any atom is -0.481 e. The topological polar surface area (TPSA) is 150 Å². The monoisotopic (exact) mass is 721 g/mol. The van der Waals surface area contributed by atoms with Crippen molar-refractivity contribution >= 4 is 46.6 Å². The van der Waals surface area contributed by atoms with Crippen LogP contribution in [0.4, 0.5) is 15.9 Å². The Balaban J connectivity index is 1.16. The van der Waals surface area contributed by atoms with Crippen molar-refractivity contribution in [2.45, 2.75) is 63.7 Å². The number of aliphatic carboxylic acids is 1. The number of ether oxygens (including phenoxy) is 1. The van der Waals surface area contributed by atoms with Gasteiger partial charge >= 0.3 is 5.97 Å². The van der Waals surface area contributed by atoms with Crippen molar-refractivity contribution in [1.29, 1.82) is 0 Å². The number of carboxylic acids is 1. The summed E-state index contributed by atoms with van der Waals surface area (Å²) < 4.78 is 21.2. The number of hydrogen-bond acceptors (Lipinski definition) is 9. The lowest BCUT2D eigenvalue weighted by molar-refractivity contribution is -0.142. The Morgan fingerprint density at radius 1 is 0.980 bits per heavy atom. The molecule has 14 heteroatoms. The number of hydrogen-bond donors (Lipinski definition) is 5. The van der Waals surface area contributed by atoms with E-state index in [0.717, 1.165) is 24.8 Å². The average Bonchev–Trinajstić information content (AvgIpc) is 3.54. The van der Waals surface area contributed by atoms with Gasteiger partial charge in [-0.2, -0.15) is 0 Å². The van der Waals surface area contributed by atoms with Gasteiger partial charge in [-0.25, -0.2) is 14.4 Å². The number of anilines is 2. The summed E-state index contributed by atoms with van der Waals surface area (Å²) in [5.74, 6) is -1.04. The summed E-state index contributed by atoms with van der Waals surface area (Å²) in [5, 5.41) is 22.6. The van der Waals surface area contributed by atoms with Crippen molar-refractivity contribution < 1.29 is 23.8 Å². The minimum absolute atomic E-state index is 0.0182. The lowest BCUT2D eigenvalue weighted by Gasteiger charge is -2.27. The molecule has 1 saturated carbocycles. The molecule has 4 aromatic rings. The van der Waals surface area contributed by atoms with Crippen LogP contribution in [0.25, 0.3) is 22.5 Å². The molecular formula is C36H38Cl2FN7O4. The van der Waals surface area contributed by atoms with Gasteiger partial charge in [-0.15, -0.1) is 0 Å². The number of pyridine rings is 3. The highest BCUT2D eigenvalue weighted by Gasteiger charge is 2.26. The highest BCUT2D eigenvalue weighted by molar-refractivity contribution is 6.39. The molecule has 50 heavy (non-hydrogen) atoms. The first-order chi connectivity index (χ1) is 24.2. The SMILES string of the molecule is COc1nc(-c2ccnc(-c3cccc(Nc4nccc(CNC5CCC(C(=O)O)CC5)c4F)c3Cl)c2Cl)ccc1CNCC1CCC(=O)N1. The van der Waals surface area contributed by atoms with Crippen molar-refractivity contribution in [2.75, 3.05) is 19.0 Å². The molecule has 3 aromatic heterocycles. The summed E-state index contributed by atoms with van der Waals surface area (Å²) in [6.45, 7) is 1.44. The molecule has 5 N–H and O–H groups in total. The summed E-state index contributed by atoms with van der Waals surface area (Å²) in [6.07, 6.45) is 7.18. The van der Waals surface area contributed by atoms with E-state index in [0.29, 0.717) is 77.0 Å². The summed E-state index contributed by atoms with van der Waals surface area (Å²) >= 11 is 13.8. The molecule has 1 unspecified atom stereocenters. The summed E-state index contributed by atoms with van der Waals surface area (Å²) in [6, 6.07) is 12.7. The molecule has 0 spiro atoms. The molecular weight excluding hydrogens is 684 g/mol. The fourth-order valence-electron chi connectivity index (χ4n) is 6.42. The third-order valence-electron chi connectivity index (χ3n) is 9.22. The largest absolute Gasteiger partial charge is 0.481 e. The molecule has 1 aromatic carbocycles. The van der Waals surface area contributed by atoms with Crippen LogP contribution in [0.3, 0.4) is 0 Å². The van der Waals surface area contributed by atoms with E-state index in [9.17, 15) is 14.7 Å². The number of nitrogens with one attached hydrogen (secondary N) is 4. The van der Waals surface area contributed by atoms with Gasteiger partial charge < -0.3 is 31.1 Å². The van der Waals surface area contributed by atoms with E-state index in [1.54, 1.807) is 43.6 Å². The molecule has 1 atom stereocenters. The number of aromatic nitrogens is 3. The van der Waals surface area contributed by atoms with Gasteiger partial charge in [0.2, 0.25) is 11.8 Å². The van der Waals surface area contributed by atoms with Crippen LogP contribution in [0.2, 0.25) is 10.0 Å². The second kappa shape index (κ2) is 16.1. The number of carboxylic acid groups (broad SMARTS) is 1. The first-order valence-corrected chi connectivity index (χ1v) is 17.3. The van der Waals surface area contributed by atoms with Gasteiger partial charge in [-0.1, -0.05) is 41.4 Å². The number of benzene rings is 1. The molecule has 4 heterocycles. The van der Waals surface area contributed by atoms with Gasteiger partial charge in [0, 0.05) is 72.8 Å². The van der Waals surface area contributed by atoms with E-state index < -0.39 is 11.8 Å². The third-order valence-corrected chi connectivity index (χ3v) is 10.0. The van der Waals surface area contributed by atoms with Crippen molar-refractivity contribution in [3.05, 3.63) is 81.8 Å². The van der Waals surface area contributed by atoms with Crippen molar-refractivity contribution in [3.63, 3.8) is 0 Å². The first kappa shape index (κ1) is 35.5. The Labute approximate surface area is 299 Å². The number of nitrogens with zero attached hydrogens (tertiary/aromatic N) is 3. The zero-order valence-corrected chi connectivity index (χ0v) is 29.0. The molecule has 11 nitrogen and oxygen atoms in total. The zero-order valence-electron chi connectivity index (χ0n) is 27.4. The Hall–Kier alpha value is -4.36. The van der Waals surface area contributed by atoms with Gasteiger partial charge in [0.15, 0.2) is 11.6 Å². The van der Waals surface area contributed by atoms with Crippen LogP contribution in [0.5, 0.6) is 5.88 Å². The lowest BCUT2D eigenvalue weighted by Crippen LogP contribution is -2.35. The molecule has 262 valence electrons. The molecule has 6 rings (SSSR count). The first-order valence-electron chi connectivity index (χ1n) is 16.6. The molecule has 1 aliphatic heterocycles. The lowest BCUT2D eigenvalue weighted by atomic mass is 9.86. The Bertz CT molecular complexity index is 1870. The van der Waals surface area contributed by atoms with E-state index in [2.05, 4.69) is 31.2 Å². The number of halogens is 3. The van der Waals surface area contributed by atoms with Crippen LogP contribution >= 0.6 is 23.2 Å². The van der Waals surface area contributed by atoms with E-state index >= 15 is 4.39 Å². The van der Waals surface area contributed by atoms with E-state index in [-0.39, 0.29) is 41.3 Å². The van der Waals surface area contributed by atoms with Crippen LogP contribution in [0.15, 0.2) is 54.9 Å². The Kier molecular flexibility index (Phi) is 11.4. The molecule has 1 saturated heterocycles. The van der Waals surface area contributed by atoms with Crippen LogP contribution < -0.4 is 26.0 Å². The molecule has 1 amide bonds. The smallest absolute Gasteiger partial charge is 0.306 e. The highest BCUT2D eigenvalue weighted by atomic mass is 35.5. The van der Waals surface area contributed by atoms with Crippen molar-refractivity contribution in [2.24, 2.45) is 5.92 Å². The van der Waals surface area contributed by atoms with Gasteiger partial charge in [-0.05, 0) is 56.4 Å². The second-order valence-corrected chi connectivity index (χ2v) is 13.3. The normalized spacial score (nSPS) is 18.9. The fourth-order valence-corrected chi connectivity index (χ4v) is 6.99. The number of carbonyl (C=O) groups is 2. The Morgan fingerprint density at radius 2 is 1.78 bits per heavy atom. The standard InChI is InChI=1S/C36H38Cl2FN7O4/c1-50-35-22(17-40-19-24-10-12-29(47)44-24)7-11-27(46-35)25-14-16-41-33(31(25)38)26-3-2-4-28(30(26)37)45-34-32(39)21(13-15-42-34)18-43-23-8-5-20(6-9-23)36(48)49/h2-4,7,11,13-16,20,23-24,40,43H,5-6,8-10,12,17-19H2,1H3,(H,42,45)(H,44,47)(H,48,49). The molecule has 2 fully saturated rings. The molecule has 0 bridgehead atoms. The minimum atomic E-state index is -0.756. The number of carbonyl (C=O) groups excluding carboxylic acids is 1. The van der Waals surface area contributed by atoms with Gasteiger partial charge in [-0.3, -0.25) is 14.6 Å². The predicted octanol–water partition coefficient (Wildman–Crippen LogP) is 6.50. The van der Waals surface area contributed by atoms with Crippen molar-refractivity contribution in [1.82, 2.24) is 30.9 Å². The molecule has 0 radical (unpaired) electrons. The fraction of sp³-hybridized carbons (Fsp3) is 0.361. The van der Waals surface area contributed by atoms with Crippen LogP contribution in [0, 0.1) is 11.7 Å². The summed E-state index contributed by atoms with van der Waals surface area (Å²) in [5.41, 5.74) is 3.87. The van der Waals surface area contributed by atoms with Crippen LogP contribution in [-0.4, -0.2) is 57.7 Å². The maximum atomic E-state index is 15.6. The van der Waals surface area contributed by atoms with Crippen molar-refractivity contribution in [3.8, 4) is 28.4 Å². The van der Waals surface area contributed by atoms with Gasteiger partial charge in [0.05, 0.1) is 40.1 Å². The number of rotatable bonds is 13. The number of amides is 1. The quantitative estimate of drug-likeness (QED) is 0.103. The van der Waals surface area contributed by atoms with E-state index in [1.165, 1.54) is 6.20 Å². The van der Waals surface area contributed by atoms with E-state index in [4.69, 9.17) is 32.9 Å². The Morgan fingerprint density at radius 3 is 2.52 bits per heavy atom. The third kappa shape index (κ3) is 8.15. The summed E-state index contributed by atoms with van der Waals surface area (Å²) in [7, 11) is 1.56. The predicted molar refractivity (Wildman–Crippen MR) is 190 cm³/mol. The van der Waals surface area contributed by atoms with Crippen LogP contribution in [0.1, 0.15) is 49.7 Å². The zero-order chi connectivity index (χ0) is 35.2. The highest BCUT2D eigenvalue weighted by Crippen LogP contribution is 2.41. The number of methoxy groups -OCH3 is 1. The maximum absolute atomic E-state index is 15.6. The van der Waals surface area contributed by atoms with Crippen LogP contribution in [-0.2, 0) is 22.7 Å². The summed E-state index contributed by atoms with van der Waals surface area (Å²) in [4.78, 5) is 36.2. The molecule has 2 aliphatic rings. The maximum Gasteiger partial charge on any atom is 0.306 e.